The zero-order chi connectivity index (χ0) is 10.6. The SMILES string of the molecule is CCS(=O)Cc1ccccc1C(=O)O. The fraction of sp³-hybridized carbons (Fsp3) is 0.300. The zero-order valence-electron chi connectivity index (χ0n) is 7.90. The molecule has 14 heavy (non-hydrogen) atoms. The number of carboxylic acid groups (broad SMARTS) is 1. The largest absolute Gasteiger partial charge is 0.478 e. The summed E-state index contributed by atoms with van der Waals surface area (Å²) in [4.78, 5) is 10.8. The predicted octanol–water partition coefficient (Wildman–Crippen LogP) is 1.65. The van der Waals surface area contributed by atoms with Crippen molar-refractivity contribution in [2.45, 2.75) is 12.7 Å². The van der Waals surface area contributed by atoms with Crippen molar-refractivity contribution in [3.63, 3.8) is 0 Å². The van der Waals surface area contributed by atoms with Crippen LogP contribution >= 0.6 is 0 Å². The normalized spacial score (nSPS) is 12.4. The molecular formula is C10H12O3S. The van der Waals surface area contributed by atoms with Crippen molar-refractivity contribution in [1.29, 1.82) is 0 Å². The summed E-state index contributed by atoms with van der Waals surface area (Å²) in [5.41, 5.74) is 0.884. The molecule has 0 bridgehead atoms. The van der Waals surface area contributed by atoms with Crippen LogP contribution in [0.4, 0.5) is 0 Å². The lowest BCUT2D eigenvalue weighted by molar-refractivity contribution is 0.0696. The molecule has 0 saturated heterocycles. The average Bonchev–Trinajstić information content (AvgIpc) is 2.18. The second kappa shape index (κ2) is 4.91. The van der Waals surface area contributed by atoms with Gasteiger partial charge in [-0.05, 0) is 11.6 Å². The minimum absolute atomic E-state index is 0.245. The average molecular weight is 212 g/mol. The summed E-state index contributed by atoms with van der Waals surface area (Å²) >= 11 is 0. The third kappa shape index (κ3) is 2.67. The molecule has 0 heterocycles. The smallest absolute Gasteiger partial charge is 0.335 e. The zero-order valence-corrected chi connectivity index (χ0v) is 8.71. The maximum atomic E-state index is 11.3. The fourth-order valence-electron chi connectivity index (χ4n) is 1.13. The van der Waals surface area contributed by atoms with Crippen LogP contribution in [-0.4, -0.2) is 21.0 Å². The van der Waals surface area contributed by atoms with Crippen LogP contribution in [-0.2, 0) is 16.6 Å². The van der Waals surface area contributed by atoms with E-state index in [1.54, 1.807) is 18.2 Å². The van der Waals surface area contributed by atoms with E-state index in [0.717, 1.165) is 0 Å². The molecule has 0 radical (unpaired) electrons. The first-order valence-electron chi connectivity index (χ1n) is 4.31. The van der Waals surface area contributed by atoms with Gasteiger partial charge < -0.3 is 5.11 Å². The first kappa shape index (κ1) is 10.9. The van der Waals surface area contributed by atoms with Crippen molar-refractivity contribution >= 4 is 16.8 Å². The summed E-state index contributed by atoms with van der Waals surface area (Å²) in [5, 5.41) is 8.85. The number of carboxylic acids is 1. The fourth-order valence-corrected chi connectivity index (χ4v) is 1.93. The number of benzene rings is 1. The van der Waals surface area contributed by atoms with Crippen molar-refractivity contribution in [3.05, 3.63) is 35.4 Å². The Bertz CT molecular complexity index is 360. The van der Waals surface area contributed by atoms with E-state index in [2.05, 4.69) is 0 Å². The van der Waals surface area contributed by atoms with E-state index < -0.39 is 16.8 Å². The van der Waals surface area contributed by atoms with Crippen LogP contribution in [0.3, 0.4) is 0 Å². The topological polar surface area (TPSA) is 54.4 Å². The van der Waals surface area contributed by atoms with Crippen molar-refractivity contribution < 1.29 is 14.1 Å². The second-order valence-electron chi connectivity index (χ2n) is 2.84. The number of aromatic carboxylic acids is 1. The number of hydrogen-bond donors (Lipinski definition) is 1. The molecule has 0 amide bonds. The van der Waals surface area contributed by atoms with Crippen LogP contribution in [0.25, 0.3) is 0 Å². The van der Waals surface area contributed by atoms with Gasteiger partial charge in [0.05, 0.1) is 5.56 Å². The lowest BCUT2D eigenvalue weighted by Gasteiger charge is -2.03. The van der Waals surface area contributed by atoms with Gasteiger partial charge in [-0.15, -0.1) is 0 Å². The summed E-state index contributed by atoms with van der Waals surface area (Å²) in [7, 11) is -0.968. The van der Waals surface area contributed by atoms with Gasteiger partial charge in [0.25, 0.3) is 0 Å². The molecule has 1 unspecified atom stereocenters. The summed E-state index contributed by atoms with van der Waals surface area (Å²) in [6.07, 6.45) is 0. The number of hydrogen-bond acceptors (Lipinski definition) is 2. The molecule has 1 atom stereocenters. The van der Waals surface area contributed by atoms with E-state index in [4.69, 9.17) is 5.11 Å². The van der Waals surface area contributed by atoms with Gasteiger partial charge in [-0.3, -0.25) is 4.21 Å². The lowest BCUT2D eigenvalue weighted by Crippen LogP contribution is -2.05. The van der Waals surface area contributed by atoms with E-state index in [0.29, 0.717) is 17.1 Å². The molecule has 0 aliphatic rings. The Balaban J connectivity index is 2.95. The number of rotatable bonds is 4. The molecule has 0 aliphatic heterocycles. The molecule has 0 aromatic heterocycles. The Hall–Kier alpha value is -1.16. The highest BCUT2D eigenvalue weighted by molar-refractivity contribution is 7.84. The molecular weight excluding hydrogens is 200 g/mol. The Labute approximate surface area is 85.2 Å². The standard InChI is InChI=1S/C10H12O3S/c1-2-14(13)7-8-5-3-4-6-9(8)10(11)12/h3-6H,2,7H2,1H3,(H,11,12). The predicted molar refractivity (Wildman–Crippen MR) is 55.8 cm³/mol. The molecule has 3 nitrogen and oxygen atoms in total. The van der Waals surface area contributed by atoms with Gasteiger partial charge in [0.1, 0.15) is 0 Å². The Morgan fingerprint density at radius 2 is 2.07 bits per heavy atom. The molecule has 1 N–H and O–H groups in total. The van der Waals surface area contributed by atoms with Gasteiger partial charge in [-0.25, -0.2) is 4.79 Å². The monoisotopic (exact) mass is 212 g/mol. The van der Waals surface area contributed by atoms with E-state index in [-0.39, 0.29) is 5.56 Å². The van der Waals surface area contributed by atoms with Crippen molar-refractivity contribution in [1.82, 2.24) is 0 Å². The van der Waals surface area contributed by atoms with Gasteiger partial charge in [0, 0.05) is 22.3 Å². The van der Waals surface area contributed by atoms with E-state index >= 15 is 0 Å². The van der Waals surface area contributed by atoms with Gasteiger partial charge >= 0.3 is 5.97 Å². The molecule has 0 fully saturated rings. The van der Waals surface area contributed by atoms with Crippen LogP contribution in [0.15, 0.2) is 24.3 Å². The summed E-state index contributed by atoms with van der Waals surface area (Å²) in [6.45, 7) is 1.82. The second-order valence-corrected chi connectivity index (χ2v) is 4.58. The third-order valence-electron chi connectivity index (χ3n) is 1.89. The summed E-state index contributed by atoms with van der Waals surface area (Å²) in [5.74, 6) is -0.0962. The van der Waals surface area contributed by atoms with E-state index in [9.17, 15) is 9.00 Å². The van der Waals surface area contributed by atoms with Gasteiger partial charge in [-0.2, -0.15) is 0 Å². The molecule has 1 aromatic carbocycles. The molecule has 0 saturated carbocycles. The van der Waals surface area contributed by atoms with Gasteiger partial charge in [0.15, 0.2) is 0 Å². The van der Waals surface area contributed by atoms with Crippen molar-refractivity contribution in [2.75, 3.05) is 5.75 Å². The number of carbonyl (C=O) groups is 1. The molecule has 0 aliphatic carbocycles. The molecule has 1 aromatic rings. The van der Waals surface area contributed by atoms with Crippen LogP contribution in [0.5, 0.6) is 0 Å². The minimum atomic E-state index is -0.968. The van der Waals surface area contributed by atoms with Crippen LogP contribution in [0, 0.1) is 0 Å². The Kier molecular flexibility index (Phi) is 3.83. The minimum Gasteiger partial charge on any atom is -0.478 e. The summed E-state index contributed by atoms with van der Waals surface area (Å²) in [6, 6.07) is 6.66. The van der Waals surface area contributed by atoms with Crippen LogP contribution in [0.2, 0.25) is 0 Å². The van der Waals surface area contributed by atoms with Crippen molar-refractivity contribution in [2.24, 2.45) is 0 Å². The highest BCUT2D eigenvalue weighted by atomic mass is 32.2. The maximum Gasteiger partial charge on any atom is 0.335 e. The van der Waals surface area contributed by atoms with Gasteiger partial charge in [0.2, 0.25) is 0 Å². The summed E-state index contributed by atoms with van der Waals surface area (Å²) < 4.78 is 11.3. The highest BCUT2D eigenvalue weighted by Gasteiger charge is 2.10. The first-order chi connectivity index (χ1) is 6.65. The van der Waals surface area contributed by atoms with E-state index in [1.807, 2.05) is 6.92 Å². The van der Waals surface area contributed by atoms with Crippen LogP contribution in [0.1, 0.15) is 22.8 Å². The Morgan fingerprint density at radius 1 is 1.43 bits per heavy atom. The van der Waals surface area contributed by atoms with Crippen LogP contribution < -0.4 is 0 Å². The molecule has 1 rings (SSSR count). The van der Waals surface area contributed by atoms with Crippen molar-refractivity contribution in [3.8, 4) is 0 Å². The molecule has 76 valence electrons. The molecule has 0 spiro atoms. The maximum absolute atomic E-state index is 11.3. The first-order valence-corrected chi connectivity index (χ1v) is 5.80. The Morgan fingerprint density at radius 3 is 2.64 bits per heavy atom. The quantitative estimate of drug-likeness (QED) is 0.825. The lowest BCUT2D eigenvalue weighted by atomic mass is 10.1. The van der Waals surface area contributed by atoms with E-state index in [1.165, 1.54) is 6.07 Å². The third-order valence-corrected chi connectivity index (χ3v) is 3.16. The molecule has 4 heteroatoms. The van der Waals surface area contributed by atoms with Gasteiger partial charge in [-0.1, -0.05) is 25.1 Å². The highest BCUT2D eigenvalue weighted by Crippen LogP contribution is 2.11.